The summed E-state index contributed by atoms with van der Waals surface area (Å²) in [5.41, 5.74) is 2.93. The molecule has 10 nitrogen and oxygen atoms in total. The van der Waals surface area contributed by atoms with E-state index >= 15 is 0 Å². The van der Waals surface area contributed by atoms with Crippen molar-refractivity contribution >= 4 is 23.6 Å². The summed E-state index contributed by atoms with van der Waals surface area (Å²) in [5, 5.41) is 8.79. The third kappa shape index (κ3) is 8.51. The first-order valence-corrected chi connectivity index (χ1v) is 16.7. The van der Waals surface area contributed by atoms with E-state index in [0.717, 1.165) is 16.8 Å². The van der Waals surface area contributed by atoms with Crippen molar-refractivity contribution in [2.24, 2.45) is 5.92 Å². The van der Waals surface area contributed by atoms with Crippen LogP contribution in [-0.2, 0) is 27.2 Å². The van der Waals surface area contributed by atoms with Gasteiger partial charge in [0.15, 0.2) is 0 Å². The minimum atomic E-state index is -0.977. The minimum absolute atomic E-state index is 0.0509. The fourth-order valence-corrected chi connectivity index (χ4v) is 6.20. The zero-order valence-electron chi connectivity index (χ0n) is 27.7. The van der Waals surface area contributed by atoms with Gasteiger partial charge >= 0.3 is 0 Å². The molecule has 4 amide bonds. The van der Waals surface area contributed by atoms with E-state index in [1.165, 1.54) is 0 Å². The molecule has 4 heterocycles. The van der Waals surface area contributed by atoms with Gasteiger partial charge in [0.2, 0.25) is 17.7 Å². The topological polar surface area (TPSA) is 130 Å². The Bertz CT molecular complexity index is 1770. The maximum atomic E-state index is 14.0. The van der Waals surface area contributed by atoms with Crippen molar-refractivity contribution < 1.29 is 23.9 Å². The maximum Gasteiger partial charge on any atom is 0.252 e. The second-order valence-electron chi connectivity index (χ2n) is 13.1. The number of fused-ring (bicyclic) bond motifs is 11. The van der Waals surface area contributed by atoms with E-state index in [9.17, 15) is 19.2 Å². The molecular weight excluding hydrogens is 618 g/mol. The normalized spacial score (nSPS) is 20.3. The third-order valence-electron chi connectivity index (χ3n) is 8.85. The number of ether oxygens (including phenoxy) is 1. The first-order valence-electron chi connectivity index (χ1n) is 16.7. The summed E-state index contributed by atoms with van der Waals surface area (Å²) >= 11 is 0. The molecule has 0 spiro atoms. The summed E-state index contributed by atoms with van der Waals surface area (Å²) in [7, 11) is 0. The number of amides is 4. The third-order valence-corrected chi connectivity index (χ3v) is 8.85. The molecule has 0 radical (unpaired) electrons. The first-order chi connectivity index (χ1) is 23.7. The summed E-state index contributed by atoms with van der Waals surface area (Å²) in [4.78, 5) is 61.6. The van der Waals surface area contributed by atoms with E-state index in [0.29, 0.717) is 36.6 Å². The van der Waals surface area contributed by atoms with E-state index in [4.69, 9.17) is 4.74 Å². The van der Waals surface area contributed by atoms with E-state index in [-0.39, 0.29) is 30.6 Å². The molecule has 1 saturated heterocycles. The van der Waals surface area contributed by atoms with Crippen molar-refractivity contribution in [2.45, 2.75) is 57.2 Å². The van der Waals surface area contributed by atoms with Crippen LogP contribution in [0.3, 0.4) is 0 Å². The average Bonchev–Trinajstić information content (AvgIpc) is 3.08. The lowest BCUT2D eigenvalue weighted by atomic mass is 9.93. The fourth-order valence-electron chi connectivity index (χ4n) is 6.20. The lowest BCUT2D eigenvalue weighted by Crippen LogP contribution is -2.60. The Morgan fingerprint density at radius 2 is 1.55 bits per heavy atom. The van der Waals surface area contributed by atoms with Crippen LogP contribution < -0.4 is 20.7 Å². The van der Waals surface area contributed by atoms with Gasteiger partial charge in [0.05, 0.1) is 0 Å². The Morgan fingerprint density at radius 1 is 0.816 bits per heavy atom. The lowest BCUT2D eigenvalue weighted by molar-refractivity contribution is -0.141. The number of benzene rings is 3. The van der Waals surface area contributed by atoms with Gasteiger partial charge in [-0.3, -0.25) is 24.2 Å². The number of carbonyl (C=O) groups excluding carboxylic acids is 4. The molecule has 252 valence electrons. The van der Waals surface area contributed by atoms with Gasteiger partial charge in [0.25, 0.3) is 5.91 Å². The quantitative estimate of drug-likeness (QED) is 0.263. The van der Waals surface area contributed by atoms with Gasteiger partial charge in [-0.2, -0.15) is 0 Å². The second kappa shape index (κ2) is 15.1. The Morgan fingerprint density at radius 3 is 2.27 bits per heavy atom. The number of hydrogen-bond donors (Lipinski definition) is 3. The highest BCUT2D eigenvalue weighted by molar-refractivity contribution is 5.99. The van der Waals surface area contributed by atoms with Crippen LogP contribution in [0, 0.1) is 5.92 Å². The molecule has 0 saturated carbocycles. The van der Waals surface area contributed by atoms with Crippen LogP contribution in [0.5, 0.6) is 11.5 Å². The number of aromatic nitrogens is 1. The fraction of sp³-hybridized carbons (Fsp3) is 0.308. The number of nitrogens with one attached hydrogen (secondary N) is 3. The number of likely N-dealkylation sites (tertiary alicyclic amines) is 1. The van der Waals surface area contributed by atoms with Crippen LogP contribution in [0.25, 0.3) is 0 Å². The van der Waals surface area contributed by atoms with Crippen molar-refractivity contribution in [1.82, 2.24) is 25.8 Å². The Hall–Kier alpha value is -5.51. The largest absolute Gasteiger partial charge is 0.457 e. The Labute approximate surface area is 286 Å². The molecule has 3 atom stereocenters. The molecule has 10 heteroatoms. The zero-order valence-corrected chi connectivity index (χ0v) is 27.7. The van der Waals surface area contributed by atoms with E-state index in [2.05, 4.69) is 20.9 Å². The van der Waals surface area contributed by atoms with Crippen LogP contribution >= 0.6 is 0 Å². The highest BCUT2D eigenvalue weighted by Gasteiger charge is 2.38. The van der Waals surface area contributed by atoms with Crippen molar-refractivity contribution in [2.75, 3.05) is 13.1 Å². The molecule has 0 unspecified atom stereocenters. The summed E-state index contributed by atoms with van der Waals surface area (Å²) in [6.45, 7) is 4.93. The summed E-state index contributed by atoms with van der Waals surface area (Å²) in [6.07, 6.45) is 2.54. The maximum absolute atomic E-state index is 14.0. The van der Waals surface area contributed by atoms with Gasteiger partial charge in [-0.1, -0.05) is 68.4 Å². The van der Waals surface area contributed by atoms with E-state index in [1.54, 1.807) is 47.5 Å². The van der Waals surface area contributed by atoms with Crippen LogP contribution in [0.4, 0.5) is 0 Å². The van der Waals surface area contributed by atoms with Crippen molar-refractivity contribution in [3.05, 3.63) is 126 Å². The predicted octanol–water partition coefficient (Wildman–Crippen LogP) is 4.41. The highest BCUT2D eigenvalue weighted by atomic mass is 16.5. The number of rotatable bonds is 6. The molecule has 1 fully saturated rings. The summed E-state index contributed by atoms with van der Waals surface area (Å²) < 4.78 is 6.06. The zero-order chi connectivity index (χ0) is 34.3. The average molecular weight is 660 g/mol. The second-order valence-corrected chi connectivity index (χ2v) is 13.1. The van der Waals surface area contributed by atoms with E-state index in [1.807, 2.05) is 74.5 Å². The van der Waals surface area contributed by atoms with Crippen LogP contribution in [-0.4, -0.2) is 64.7 Å². The molecule has 3 aromatic carbocycles. The molecule has 4 bridgehead atoms. The number of hydrogen-bond acceptors (Lipinski definition) is 6. The Kier molecular flexibility index (Phi) is 10.3. The van der Waals surface area contributed by atoms with Crippen LogP contribution in [0.1, 0.15) is 53.4 Å². The number of carbonyl (C=O) groups is 4. The van der Waals surface area contributed by atoms with Crippen molar-refractivity contribution in [1.29, 1.82) is 0 Å². The molecule has 7 rings (SSSR count). The molecule has 3 aliphatic rings. The summed E-state index contributed by atoms with van der Waals surface area (Å²) in [6, 6.07) is 26.4. The van der Waals surface area contributed by atoms with E-state index < -0.39 is 35.8 Å². The van der Waals surface area contributed by atoms with Gasteiger partial charge in [-0.25, -0.2) is 0 Å². The van der Waals surface area contributed by atoms with Gasteiger partial charge in [0, 0.05) is 49.3 Å². The van der Waals surface area contributed by atoms with Gasteiger partial charge in [-0.15, -0.1) is 0 Å². The number of pyridine rings is 1. The van der Waals surface area contributed by atoms with Gasteiger partial charge in [0.1, 0.15) is 29.6 Å². The van der Waals surface area contributed by atoms with Crippen LogP contribution in [0.15, 0.2) is 103 Å². The number of nitrogens with zero attached hydrogens (tertiary/aromatic N) is 2. The standard InChI is InChI=1S/C39H41N5O5/c1-25(2)19-33-37(46)43-35(39(48)44-23-29(24-44)32-13-6-7-18-40-32)21-27-14-16-30(17-15-27)49-31-12-8-11-28(22-31)36(45)41-34(38(47)42-33)20-26-9-4-3-5-10-26/h3-18,22,25,29,33-35H,19-21,23-24H2,1-2H3,(H,41,45)(H,42,47)(H,43,46)/t33-,34+,35-/m0/s1. The SMILES string of the molecule is CC(C)C[C@@H]1NC(=O)[C@@H](Cc2ccccc2)NC(=O)c2cccc(c2)Oc2ccc(cc2)C[C@@H](C(=O)N2CC(c3ccccn3)C2)NC1=O. The molecular formula is C39H41N5O5. The summed E-state index contributed by atoms with van der Waals surface area (Å²) in [5.74, 6) is -0.416. The first kappa shape index (κ1) is 33.4. The molecule has 1 aromatic heterocycles. The monoisotopic (exact) mass is 659 g/mol. The van der Waals surface area contributed by atoms with Crippen molar-refractivity contribution in [3.63, 3.8) is 0 Å². The predicted molar refractivity (Wildman–Crippen MR) is 185 cm³/mol. The molecule has 0 aliphatic carbocycles. The minimum Gasteiger partial charge on any atom is -0.457 e. The smallest absolute Gasteiger partial charge is 0.252 e. The lowest BCUT2D eigenvalue weighted by Gasteiger charge is -2.41. The van der Waals surface area contributed by atoms with Gasteiger partial charge < -0.3 is 25.6 Å². The molecule has 3 N–H and O–H groups in total. The van der Waals surface area contributed by atoms with Crippen molar-refractivity contribution in [3.8, 4) is 11.5 Å². The molecule has 49 heavy (non-hydrogen) atoms. The highest BCUT2D eigenvalue weighted by Crippen LogP contribution is 2.27. The van der Waals surface area contributed by atoms with Crippen LogP contribution in [0.2, 0.25) is 0 Å². The molecule has 3 aliphatic heterocycles. The van der Waals surface area contributed by atoms with Gasteiger partial charge in [-0.05, 0) is 65.9 Å². The molecule has 4 aromatic rings. The Balaban J connectivity index is 1.31.